The van der Waals surface area contributed by atoms with Gasteiger partial charge in [-0.3, -0.25) is 10.9 Å². The van der Waals surface area contributed by atoms with Crippen LogP contribution in [0.15, 0.2) is 18.2 Å². The molecule has 2 unspecified atom stereocenters. The zero-order chi connectivity index (χ0) is 16.6. The van der Waals surface area contributed by atoms with E-state index < -0.39 is 0 Å². The minimum absolute atomic E-state index is 0.290. The van der Waals surface area contributed by atoms with Crippen LogP contribution in [0.25, 0.3) is 0 Å². The fraction of sp³-hybridized carbons (Fsp3) is 0.500. The number of hydrogen-bond acceptors (Lipinski definition) is 4. The number of rotatable bonds is 4. The Bertz CT molecular complexity index is 672. The standard InChI is InChI=1S/C16H21ClFN5/c1-9-12(10(2)21-20-9)7-16-19-11(3)22-23(16)8-13-14(17)5-4-6-15(13)18/h4-6,9-10,12,20-21H,7-8H2,1-3H3. The summed E-state index contributed by atoms with van der Waals surface area (Å²) in [6.07, 6.45) is 0.773. The van der Waals surface area contributed by atoms with E-state index in [2.05, 4.69) is 34.8 Å². The lowest BCUT2D eigenvalue weighted by atomic mass is 9.93. The Morgan fingerprint density at radius 3 is 2.61 bits per heavy atom. The van der Waals surface area contributed by atoms with Crippen molar-refractivity contribution in [2.45, 2.75) is 45.8 Å². The summed E-state index contributed by atoms with van der Waals surface area (Å²) in [6, 6.07) is 5.39. The van der Waals surface area contributed by atoms with Gasteiger partial charge in [-0.2, -0.15) is 5.10 Å². The summed E-state index contributed by atoms with van der Waals surface area (Å²) < 4.78 is 15.8. The average Bonchev–Trinajstić information content (AvgIpc) is 3.00. The average molecular weight is 338 g/mol. The Labute approximate surface area is 140 Å². The molecular formula is C16H21ClFN5. The van der Waals surface area contributed by atoms with Gasteiger partial charge in [0.2, 0.25) is 0 Å². The molecule has 1 aliphatic heterocycles. The van der Waals surface area contributed by atoms with E-state index in [-0.39, 0.29) is 12.4 Å². The van der Waals surface area contributed by atoms with E-state index in [0.717, 1.165) is 12.2 Å². The third-order valence-electron chi connectivity index (χ3n) is 4.47. The van der Waals surface area contributed by atoms with E-state index in [1.807, 2.05) is 6.92 Å². The number of aromatic nitrogens is 3. The second-order valence-corrected chi connectivity index (χ2v) is 6.57. The van der Waals surface area contributed by atoms with Gasteiger partial charge in [0.15, 0.2) is 0 Å². The number of benzene rings is 1. The molecule has 124 valence electrons. The zero-order valence-electron chi connectivity index (χ0n) is 13.5. The predicted molar refractivity (Wildman–Crippen MR) is 87.7 cm³/mol. The van der Waals surface area contributed by atoms with Crippen LogP contribution in [0.5, 0.6) is 0 Å². The van der Waals surface area contributed by atoms with E-state index in [4.69, 9.17) is 11.6 Å². The van der Waals surface area contributed by atoms with Gasteiger partial charge in [-0.05, 0) is 38.8 Å². The second kappa shape index (κ2) is 6.55. The van der Waals surface area contributed by atoms with Gasteiger partial charge in [-0.15, -0.1) is 0 Å². The Hall–Kier alpha value is -1.50. The maximum Gasteiger partial charge on any atom is 0.147 e. The van der Waals surface area contributed by atoms with Crippen molar-refractivity contribution < 1.29 is 4.39 Å². The number of nitrogens with zero attached hydrogens (tertiary/aromatic N) is 3. The van der Waals surface area contributed by atoms with Gasteiger partial charge >= 0.3 is 0 Å². The fourth-order valence-corrected chi connectivity index (χ4v) is 3.31. The molecule has 2 N–H and O–H groups in total. The van der Waals surface area contributed by atoms with Crippen LogP contribution in [0, 0.1) is 18.7 Å². The Morgan fingerprint density at radius 1 is 1.26 bits per heavy atom. The number of nitrogens with one attached hydrogen (secondary N) is 2. The highest BCUT2D eigenvalue weighted by Gasteiger charge is 2.31. The zero-order valence-corrected chi connectivity index (χ0v) is 14.2. The van der Waals surface area contributed by atoms with E-state index in [1.54, 1.807) is 16.8 Å². The number of halogens is 2. The molecule has 1 fully saturated rings. The minimum Gasteiger partial charge on any atom is -0.254 e. The summed E-state index contributed by atoms with van der Waals surface area (Å²) in [5.74, 6) is 1.62. The first-order chi connectivity index (χ1) is 11.0. The highest BCUT2D eigenvalue weighted by Crippen LogP contribution is 2.23. The van der Waals surface area contributed by atoms with Crippen molar-refractivity contribution in [1.29, 1.82) is 0 Å². The fourth-order valence-electron chi connectivity index (χ4n) is 3.08. The monoisotopic (exact) mass is 337 g/mol. The molecule has 2 heterocycles. The lowest BCUT2D eigenvalue weighted by Gasteiger charge is -2.17. The Kier molecular flexibility index (Phi) is 4.66. The van der Waals surface area contributed by atoms with Crippen molar-refractivity contribution in [2.75, 3.05) is 0 Å². The Balaban J connectivity index is 1.86. The molecule has 0 bridgehead atoms. The van der Waals surface area contributed by atoms with Crippen molar-refractivity contribution in [2.24, 2.45) is 5.92 Å². The molecule has 1 saturated heterocycles. The normalized spacial score (nSPS) is 24.3. The lowest BCUT2D eigenvalue weighted by Crippen LogP contribution is -2.30. The summed E-state index contributed by atoms with van der Waals surface area (Å²) >= 11 is 6.13. The van der Waals surface area contributed by atoms with E-state index in [1.165, 1.54) is 6.07 Å². The Morgan fingerprint density at radius 2 is 1.96 bits per heavy atom. The number of hydrogen-bond donors (Lipinski definition) is 2. The van der Waals surface area contributed by atoms with Crippen LogP contribution < -0.4 is 10.9 Å². The molecule has 7 heteroatoms. The second-order valence-electron chi connectivity index (χ2n) is 6.17. The van der Waals surface area contributed by atoms with Gasteiger partial charge < -0.3 is 0 Å². The molecule has 23 heavy (non-hydrogen) atoms. The summed E-state index contributed by atoms with van der Waals surface area (Å²) in [6.45, 7) is 6.42. The smallest absolute Gasteiger partial charge is 0.147 e. The SMILES string of the molecule is Cc1nc(CC2C(C)NNC2C)n(Cc2c(F)cccc2Cl)n1. The molecule has 0 saturated carbocycles. The first kappa shape index (κ1) is 16.4. The first-order valence-corrected chi connectivity index (χ1v) is 8.17. The lowest BCUT2D eigenvalue weighted by molar-refractivity contribution is 0.421. The molecule has 3 rings (SSSR count). The van der Waals surface area contributed by atoms with Crippen LogP contribution in [0.3, 0.4) is 0 Å². The van der Waals surface area contributed by atoms with Crippen molar-refractivity contribution in [3.63, 3.8) is 0 Å². The largest absolute Gasteiger partial charge is 0.254 e. The van der Waals surface area contributed by atoms with Crippen molar-refractivity contribution >= 4 is 11.6 Å². The molecule has 0 spiro atoms. The molecule has 0 radical (unpaired) electrons. The van der Waals surface area contributed by atoms with Crippen LogP contribution in [-0.2, 0) is 13.0 Å². The molecule has 2 aromatic rings. The third kappa shape index (κ3) is 3.39. The molecular weight excluding hydrogens is 317 g/mol. The topological polar surface area (TPSA) is 54.8 Å². The molecule has 1 aromatic carbocycles. The maximum absolute atomic E-state index is 14.0. The molecule has 2 atom stereocenters. The highest BCUT2D eigenvalue weighted by atomic mass is 35.5. The van der Waals surface area contributed by atoms with Crippen molar-refractivity contribution in [1.82, 2.24) is 25.6 Å². The summed E-state index contributed by atoms with van der Waals surface area (Å²) in [7, 11) is 0. The van der Waals surface area contributed by atoms with Crippen molar-refractivity contribution in [3.8, 4) is 0 Å². The van der Waals surface area contributed by atoms with Crippen LogP contribution in [0.4, 0.5) is 4.39 Å². The first-order valence-electron chi connectivity index (χ1n) is 7.80. The molecule has 5 nitrogen and oxygen atoms in total. The van der Waals surface area contributed by atoms with E-state index in [9.17, 15) is 4.39 Å². The molecule has 0 aliphatic carbocycles. The highest BCUT2D eigenvalue weighted by molar-refractivity contribution is 6.31. The van der Waals surface area contributed by atoms with Gasteiger partial charge in [0.1, 0.15) is 17.5 Å². The van der Waals surface area contributed by atoms with Gasteiger partial charge in [-0.1, -0.05) is 17.7 Å². The quantitative estimate of drug-likeness (QED) is 0.900. The number of aryl methyl sites for hydroxylation is 1. The van der Waals surface area contributed by atoms with Crippen LogP contribution in [0.1, 0.15) is 31.1 Å². The molecule has 0 amide bonds. The van der Waals surface area contributed by atoms with Gasteiger partial charge in [0.05, 0.1) is 6.54 Å². The predicted octanol–water partition coefficient (Wildman–Crippen LogP) is 2.47. The third-order valence-corrected chi connectivity index (χ3v) is 4.82. The van der Waals surface area contributed by atoms with Crippen LogP contribution in [-0.4, -0.2) is 26.8 Å². The minimum atomic E-state index is -0.317. The molecule has 1 aromatic heterocycles. The van der Waals surface area contributed by atoms with Crippen LogP contribution >= 0.6 is 11.6 Å². The summed E-state index contributed by atoms with van der Waals surface area (Å²) in [5.41, 5.74) is 6.94. The van der Waals surface area contributed by atoms with Crippen LogP contribution in [0.2, 0.25) is 5.02 Å². The van der Waals surface area contributed by atoms with Gasteiger partial charge in [0, 0.05) is 29.1 Å². The van der Waals surface area contributed by atoms with E-state index in [0.29, 0.717) is 34.4 Å². The maximum atomic E-state index is 14.0. The summed E-state index contributed by atoms with van der Waals surface area (Å²) in [4.78, 5) is 4.53. The van der Waals surface area contributed by atoms with E-state index >= 15 is 0 Å². The number of hydrazine groups is 1. The van der Waals surface area contributed by atoms with Crippen molar-refractivity contribution in [3.05, 3.63) is 46.3 Å². The van der Waals surface area contributed by atoms with Gasteiger partial charge in [0.25, 0.3) is 0 Å². The van der Waals surface area contributed by atoms with Gasteiger partial charge in [-0.25, -0.2) is 14.1 Å². The summed E-state index contributed by atoms with van der Waals surface area (Å²) in [5, 5.41) is 4.83. The molecule has 1 aliphatic rings.